The van der Waals surface area contributed by atoms with Crippen molar-refractivity contribution in [2.45, 2.75) is 6.18 Å². The SMILES string of the molecule is Cl.FC(F)(F)CN1CC=CN1. The minimum absolute atomic E-state index is 0. The second-order valence-electron chi connectivity index (χ2n) is 2.03. The lowest BCUT2D eigenvalue weighted by atomic mass is 10.5. The summed E-state index contributed by atoms with van der Waals surface area (Å²) < 4.78 is 34.8. The second-order valence-corrected chi connectivity index (χ2v) is 2.03. The van der Waals surface area contributed by atoms with Crippen molar-refractivity contribution in [3.8, 4) is 0 Å². The summed E-state index contributed by atoms with van der Waals surface area (Å²) in [5.74, 6) is 0. The van der Waals surface area contributed by atoms with Gasteiger partial charge in [-0.25, -0.2) is 5.01 Å². The van der Waals surface area contributed by atoms with E-state index in [-0.39, 0.29) is 12.4 Å². The summed E-state index contributed by atoms with van der Waals surface area (Å²) in [5, 5.41) is 1.08. The van der Waals surface area contributed by atoms with Crippen molar-refractivity contribution in [3.63, 3.8) is 0 Å². The molecule has 1 heterocycles. The van der Waals surface area contributed by atoms with Crippen LogP contribution in [0.3, 0.4) is 0 Å². The van der Waals surface area contributed by atoms with Crippen molar-refractivity contribution in [3.05, 3.63) is 12.3 Å². The Kier molecular flexibility index (Phi) is 3.68. The summed E-state index contributed by atoms with van der Waals surface area (Å²) in [7, 11) is 0. The third-order valence-electron chi connectivity index (χ3n) is 1.07. The third kappa shape index (κ3) is 4.10. The van der Waals surface area contributed by atoms with Crippen LogP contribution >= 0.6 is 12.4 Å². The molecule has 1 N–H and O–H groups in total. The van der Waals surface area contributed by atoms with Gasteiger partial charge in [-0.2, -0.15) is 13.2 Å². The zero-order chi connectivity index (χ0) is 7.61. The average molecular weight is 189 g/mol. The molecule has 0 amide bonds. The zero-order valence-corrected chi connectivity index (χ0v) is 6.37. The number of alkyl halides is 3. The average Bonchev–Trinajstić information content (AvgIpc) is 2.12. The van der Waals surface area contributed by atoms with E-state index in [0.717, 1.165) is 5.01 Å². The monoisotopic (exact) mass is 188 g/mol. The van der Waals surface area contributed by atoms with Crippen LogP contribution in [0.5, 0.6) is 0 Å². The topological polar surface area (TPSA) is 15.3 Å². The maximum Gasteiger partial charge on any atom is 0.403 e. The number of halogens is 4. The smallest absolute Gasteiger partial charge is 0.326 e. The molecule has 6 heteroatoms. The van der Waals surface area contributed by atoms with Crippen LogP contribution in [0.25, 0.3) is 0 Å². The molecule has 0 aliphatic carbocycles. The lowest BCUT2D eigenvalue weighted by molar-refractivity contribution is -0.148. The summed E-state index contributed by atoms with van der Waals surface area (Å²) in [6, 6.07) is 0. The third-order valence-corrected chi connectivity index (χ3v) is 1.07. The highest BCUT2D eigenvalue weighted by Crippen LogP contribution is 2.15. The molecule has 66 valence electrons. The Balaban J connectivity index is 0.000001000. The van der Waals surface area contributed by atoms with Gasteiger partial charge in [-0.1, -0.05) is 6.08 Å². The zero-order valence-electron chi connectivity index (χ0n) is 5.56. The summed E-state index contributed by atoms with van der Waals surface area (Å²) in [6.07, 6.45) is -0.990. The van der Waals surface area contributed by atoms with Gasteiger partial charge in [0.15, 0.2) is 0 Å². The van der Waals surface area contributed by atoms with Crippen molar-refractivity contribution in [2.75, 3.05) is 13.1 Å². The predicted molar refractivity (Wildman–Crippen MR) is 37.2 cm³/mol. The molecular weight excluding hydrogens is 181 g/mol. The summed E-state index contributed by atoms with van der Waals surface area (Å²) in [6.45, 7) is -0.584. The molecule has 0 unspecified atom stereocenters. The van der Waals surface area contributed by atoms with Crippen LogP contribution in [0.4, 0.5) is 13.2 Å². The Labute approximate surface area is 68.4 Å². The maximum absolute atomic E-state index is 11.6. The summed E-state index contributed by atoms with van der Waals surface area (Å²) in [4.78, 5) is 0. The van der Waals surface area contributed by atoms with Crippen molar-refractivity contribution in [1.29, 1.82) is 0 Å². The number of nitrogens with one attached hydrogen (secondary N) is 1. The van der Waals surface area contributed by atoms with Gasteiger partial charge in [0.2, 0.25) is 0 Å². The molecule has 0 spiro atoms. The number of nitrogens with zero attached hydrogens (tertiary/aromatic N) is 1. The van der Waals surface area contributed by atoms with Crippen LogP contribution < -0.4 is 5.43 Å². The molecule has 1 aliphatic rings. The molecule has 0 aromatic rings. The fourth-order valence-corrected chi connectivity index (χ4v) is 0.717. The van der Waals surface area contributed by atoms with Crippen molar-refractivity contribution >= 4 is 12.4 Å². The van der Waals surface area contributed by atoms with E-state index in [0.29, 0.717) is 6.54 Å². The molecular formula is C5H8ClF3N2. The Bertz CT molecular complexity index is 137. The molecule has 2 nitrogen and oxygen atoms in total. The van der Waals surface area contributed by atoms with Crippen molar-refractivity contribution in [1.82, 2.24) is 10.4 Å². The van der Waals surface area contributed by atoms with Gasteiger partial charge in [0, 0.05) is 12.7 Å². The Morgan fingerprint density at radius 2 is 2.09 bits per heavy atom. The van der Waals surface area contributed by atoms with E-state index in [1.54, 1.807) is 6.08 Å². The first-order valence-corrected chi connectivity index (χ1v) is 2.81. The molecule has 11 heavy (non-hydrogen) atoms. The number of hydrogen-bond donors (Lipinski definition) is 1. The van der Waals surface area contributed by atoms with E-state index in [9.17, 15) is 13.2 Å². The first kappa shape index (κ1) is 10.6. The molecule has 0 atom stereocenters. The van der Waals surface area contributed by atoms with Crippen LogP contribution in [-0.4, -0.2) is 24.3 Å². The lowest BCUT2D eigenvalue weighted by Gasteiger charge is -2.17. The van der Waals surface area contributed by atoms with Gasteiger partial charge < -0.3 is 5.43 Å². The molecule has 0 fully saturated rings. The van der Waals surface area contributed by atoms with E-state index in [2.05, 4.69) is 5.43 Å². The Hall–Kier alpha value is -0.420. The van der Waals surface area contributed by atoms with E-state index in [1.165, 1.54) is 6.20 Å². The number of rotatable bonds is 1. The van der Waals surface area contributed by atoms with Crippen LogP contribution in [0.2, 0.25) is 0 Å². The minimum atomic E-state index is -4.11. The fourth-order valence-electron chi connectivity index (χ4n) is 0.717. The largest absolute Gasteiger partial charge is 0.403 e. The van der Waals surface area contributed by atoms with Crippen LogP contribution in [0.15, 0.2) is 12.3 Å². The fraction of sp³-hybridized carbons (Fsp3) is 0.600. The second kappa shape index (κ2) is 3.82. The first-order valence-electron chi connectivity index (χ1n) is 2.81. The van der Waals surface area contributed by atoms with Crippen molar-refractivity contribution < 1.29 is 13.2 Å². The van der Waals surface area contributed by atoms with Gasteiger partial charge in [-0.15, -0.1) is 12.4 Å². The van der Waals surface area contributed by atoms with Gasteiger partial charge in [0.1, 0.15) is 6.54 Å². The van der Waals surface area contributed by atoms with Crippen LogP contribution in [0.1, 0.15) is 0 Å². The molecule has 1 aliphatic heterocycles. The quantitative estimate of drug-likeness (QED) is 0.668. The first-order chi connectivity index (χ1) is 4.58. The predicted octanol–water partition coefficient (Wildman–Crippen LogP) is 1.30. The van der Waals surface area contributed by atoms with E-state index >= 15 is 0 Å². The Morgan fingerprint density at radius 1 is 1.45 bits per heavy atom. The summed E-state index contributed by atoms with van der Waals surface area (Å²) in [5.41, 5.74) is 2.45. The minimum Gasteiger partial charge on any atom is -0.326 e. The highest BCUT2D eigenvalue weighted by Gasteiger charge is 2.30. The lowest BCUT2D eigenvalue weighted by Crippen LogP contribution is -2.38. The number of hydrogen-bond acceptors (Lipinski definition) is 2. The standard InChI is InChI=1S/C5H7F3N2.ClH/c6-5(7,8)4-10-3-1-2-9-10;/h1-2,9H,3-4H2;1H. The maximum atomic E-state index is 11.6. The van der Waals surface area contributed by atoms with Gasteiger partial charge in [0.05, 0.1) is 0 Å². The molecule has 0 saturated carbocycles. The highest BCUT2D eigenvalue weighted by molar-refractivity contribution is 5.85. The normalized spacial score (nSPS) is 17.7. The van der Waals surface area contributed by atoms with Gasteiger partial charge in [-0.3, -0.25) is 0 Å². The number of hydrazine groups is 1. The van der Waals surface area contributed by atoms with Gasteiger partial charge in [-0.05, 0) is 0 Å². The van der Waals surface area contributed by atoms with Crippen LogP contribution in [0, 0.1) is 0 Å². The van der Waals surface area contributed by atoms with E-state index in [4.69, 9.17) is 0 Å². The molecule has 0 saturated heterocycles. The molecule has 0 aromatic carbocycles. The van der Waals surface area contributed by atoms with Gasteiger partial charge >= 0.3 is 6.18 Å². The highest BCUT2D eigenvalue weighted by atomic mass is 35.5. The van der Waals surface area contributed by atoms with Crippen molar-refractivity contribution in [2.24, 2.45) is 0 Å². The molecule has 0 bridgehead atoms. The molecule has 1 rings (SSSR count). The summed E-state index contributed by atoms with van der Waals surface area (Å²) >= 11 is 0. The van der Waals surface area contributed by atoms with E-state index < -0.39 is 12.7 Å². The van der Waals surface area contributed by atoms with Gasteiger partial charge in [0.25, 0.3) is 0 Å². The molecule has 0 aromatic heterocycles. The Morgan fingerprint density at radius 3 is 2.45 bits per heavy atom. The van der Waals surface area contributed by atoms with E-state index in [1.807, 2.05) is 0 Å². The molecule has 0 radical (unpaired) electrons. The van der Waals surface area contributed by atoms with Crippen LogP contribution in [-0.2, 0) is 0 Å².